The molecule has 0 saturated carbocycles. The third-order valence-corrected chi connectivity index (χ3v) is 3.18. The van der Waals surface area contributed by atoms with Crippen LogP contribution in [0.3, 0.4) is 0 Å². The van der Waals surface area contributed by atoms with E-state index in [-0.39, 0.29) is 6.61 Å². The molecule has 0 atom stereocenters. The van der Waals surface area contributed by atoms with Gasteiger partial charge in [0.15, 0.2) is 0 Å². The molecular formula is C16H18N2O4. The molecule has 2 aromatic rings. The minimum atomic E-state index is -0.440. The van der Waals surface area contributed by atoms with Crippen LogP contribution in [0.25, 0.3) is 0 Å². The number of ether oxygens (including phenoxy) is 2. The number of rotatable bonds is 5. The van der Waals surface area contributed by atoms with E-state index in [1.165, 1.54) is 31.4 Å². The number of esters is 2. The van der Waals surface area contributed by atoms with E-state index in [9.17, 15) is 9.59 Å². The number of nitrogens with zero attached hydrogens (tertiary/aromatic N) is 2. The summed E-state index contributed by atoms with van der Waals surface area (Å²) in [6, 6.07) is 8.11. The van der Waals surface area contributed by atoms with Gasteiger partial charge in [0.1, 0.15) is 6.61 Å². The molecule has 0 unspecified atom stereocenters. The average molecular weight is 302 g/mol. The fourth-order valence-electron chi connectivity index (χ4n) is 2.07. The van der Waals surface area contributed by atoms with Crippen LogP contribution in [-0.2, 0) is 16.0 Å². The summed E-state index contributed by atoms with van der Waals surface area (Å²) in [5, 5.41) is 4.29. The number of aromatic nitrogens is 2. The molecule has 0 spiro atoms. The molecule has 22 heavy (non-hydrogen) atoms. The maximum Gasteiger partial charge on any atom is 0.338 e. The van der Waals surface area contributed by atoms with Gasteiger partial charge < -0.3 is 9.47 Å². The van der Waals surface area contributed by atoms with Gasteiger partial charge in [0, 0.05) is 5.69 Å². The molecule has 0 fully saturated rings. The molecule has 0 N–H and O–H groups in total. The summed E-state index contributed by atoms with van der Waals surface area (Å²) in [6.07, 6.45) is 0. The number of carbonyl (C=O) groups is 2. The monoisotopic (exact) mass is 302 g/mol. The number of hydrogen-bond acceptors (Lipinski definition) is 5. The van der Waals surface area contributed by atoms with Gasteiger partial charge in [-0.25, -0.2) is 9.59 Å². The number of methoxy groups -OCH3 is 1. The zero-order valence-electron chi connectivity index (χ0n) is 12.8. The molecule has 0 aliphatic heterocycles. The highest BCUT2D eigenvalue weighted by Crippen LogP contribution is 2.08. The Morgan fingerprint density at radius 2 is 1.68 bits per heavy atom. The maximum atomic E-state index is 11.9. The van der Waals surface area contributed by atoms with Gasteiger partial charge in [0.05, 0.1) is 30.5 Å². The van der Waals surface area contributed by atoms with Gasteiger partial charge in [-0.1, -0.05) is 0 Å². The van der Waals surface area contributed by atoms with Crippen molar-refractivity contribution >= 4 is 11.9 Å². The van der Waals surface area contributed by atoms with Crippen molar-refractivity contribution in [2.24, 2.45) is 0 Å². The summed E-state index contributed by atoms with van der Waals surface area (Å²) < 4.78 is 11.6. The predicted octanol–water partition coefficient (Wildman–Crippen LogP) is 2.14. The van der Waals surface area contributed by atoms with E-state index in [1.54, 1.807) is 4.68 Å². The van der Waals surface area contributed by atoms with E-state index in [4.69, 9.17) is 4.74 Å². The second kappa shape index (κ2) is 6.89. The largest absolute Gasteiger partial charge is 0.465 e. The summed E-state index contributed by atoms with van der Waals surface area (Å²) in [6.45, 7) is 4.61. The van der Waals surface area contributed by atoms with Crippen LogP contribution >= 0.6 is 0 Å². The minimum absolute atomic E-state index is 0.236. The summed E-state index contributed by atoms with van der Waals surface area (Å²) >= 11 is 0. The van der Waals surface area contributed by atoms with Crippen LogP contribution < -0.4 is 0 Å². The van der Waals surface area contributed by atoms with Gasteiger partial charge in [0.2, 0.25) is 0 Å². The van der Waals surface area contributed by atoms with Crippen LogP contribution in [0.1, 0.15) is 32.1 Å². The molecule has 2 rings (SSSR count). The standard InChI is InChI=1S/C16H18N2O4/c1-11-10-12(2)18(17-11)8-9-22-16(20)14-6-4-13(5-7-14)15(19)21-3/h4-7,10H,8-9H2,1-3H3. The smallest absolute Gasteiger partial charge is 0.338 e. The Morgan fingerprint density at radius 1 is 1.09 bits per heavy atom. The first-order valence-electron chi connectivity index (χ1n) is 6.88. The van der Waals surface area contributed by atoms with Crippen molar-refractivity contribution in [1.82, 2.24) is 9.78 Å². The summed E-state index contributed by atoms with van der Waals surface area (Å²) in [5.41, 5.74) is 2.74. The fraction of sp³-hybridized carbons (Fsp3) is 0.312. The predicted molar refractivity (Wildman–Crippen MR) is 79.8 cm³/mol. The Hall–Kier alpha value is -2.63. The van der Waals surface area contributed by atoms with Gasteiger partial charge in [0.25, 0.3) is 0 Å². The lowest BCUT2D eigenvalue weighted by Crippen LogP contribution is -2.13. The van der Waals surface area contributed by atoms with Crippen molar-refractivity contribution in [3.63, 3.8) is 0 Å². The van der Waals surface area contributed by atoms with Gasteiger partial charge in [-0.05, 0) is 44.2 Å². The molecule has 116 valence electrons. The van der Waals surface area contributed by atoms with Gasteiger partial charge >= 0.3 is 11.9 Å². The van der Waals surface area contributed by atoms with E-state index in [2.05, 4.69) is 9.84 Å². The first kappa shape index (κ1) is 15.8. The quantitative estimate of drug-likeness (QED) is 0.791. The van der Waals surface area contributed by atoms with Crippen molar-refractivity contribution in [3.8, 4) is 0 Å². The van der Waals surface area contributed by atoms with Gasteiger partial charge in [-0.2, -0.15) is 5.10 Å². The van der Waals surface area contributed by atoms with Crippen molar-refractivity contribution in [1.29, 1.82) is 0 Å². The van der Waals surface area contributed by atoms with Gasteiger partial charge in [-0.15, -0.1) is 0 Å². The molecule has 0 bridgehead atoms. The highest BCUT2D eigenvalue weighted by Gasteiger charge is 2.10. The number of aryl methyl sites for hydroxylation is 2. The molecule has 6 heteroatoms. The molecule has 0 amide bonds. The number of hydrogen-bond donors (Lipinski definition) is 0. The summed E-state index contributed by atoms with van der Waals surface area (Å²) in [5.74, 6) is -0.873. The van der Waals surface area contributed by atoms with Gasteiger partial charge in [-0.3, -0.25) is 4.68 Å². The van der Waals surface area contributed by atoms with Crippen molar-refractivity contribution in [3.05, 3.63) is 52.8 Å². The van der Waals surface area contributed by atoms with Crippen LogP contribution in [0.5, 0.6) is 0 Å². The van der Waals surface area contributed by atoms with E-state index in [0.29, 0.717) is 17.7 Å². The second-order valence-corrected chi connectivity index (χ2v) is 4.86. The number of benzene rings is 1. The Labute approximate surface area is 128 Å². The topological polar surface area (TPSA) is 70.4 Å². The van der Waals surface area contributed by atoms with E-state index in [0.717, 1.165) is 11.4 Å². The Balaban J connectivity index is 1.89. The molecular weight excluding hydrogens is 284 g/mol. The van der Waals surface area contributed by atoms with Crippen LogP contribution in [0.2, 0.25) is 0 Å². The first-order valence-corrected chi connectivity index (χ1v) is 6.88. The van der Waals surface area contributed by atoms with Crippen LogP contribution in [0.4, 0.5) is 0 Å². The maximum absolute atomic E-state index is 11.9. The SMILES string of the molecule is COC(=O)c1ccc(C(=O)OCCn2nc(C)cc2C)cc1. The zero-order chi connectivity index (χ0) is 16.1. The number of carbonyl (C=O) groups excluding carboxylic acids is 2. The molecule has 1 aromatic heterocycles. The molecule has 6 nitrogen and oxygen atoms in total. The Bertz CT molecular complexity index is 674. The van der Waals surface area contributed by atoms with Crippen LogP contribution in [0.15, 0.2) is 30.3 Å². The third-order valence-electron chi connectivity index (χ3n) is 3.18. The molecule has 0 aliphatic rings. The lowest BCUT2D eigenvalue weighted by atomic mass is 10.1. The van der Waals surface area contributed by atoms with Crippen molar-refractivity contribution in [2.45, 2.75) is 20.4 Å². The highest BCUT2D eigenvalue weighted by atomic mass is 16.5. The first-order chi connectivity index (χ1) is 10.5. The molecule has 1 aromatic carbocycles. The van der Waals surface area contributed by atoms with E-state index >= 15 is 0 Å². The summed E-state index contributed by atoms with van der Waals surface area (Å²) in [7, 11) is 1.31. The normalized spacial score (nSPS) is 10.3. The van der Waals surface area contributed by atoms with E-state index < -0.39 is 11.9 Å². The average Bonchev–Trinajstić information content (AvgIpc) is 2.84. The molecule has 1 heterocycles. The van der Waals surface area contributed by atoms with Crippen molar-refractivity contribution in [2.75, 3.05) is 13.7 Å². The van der Waals surface area contributed by atoms with Crippen LogP contribution in [-0.4, -0.2) is 35.4 Å². The Morgan fingerprint density at radius 3 is 2.18 bits per heavy atom. The van der Waals surface area contributed by atoms with Crippen molar-refractivity contribution < 1.29 is 19.1 Å². The lowest BCUT2D eigenvalue weighted by molar-refractivity contribution is 0.0485. The molecule has 0 aliphatic carbocycles. The summed E-state index contributed by atoms with van der Waals surface area (Å²) in [4.78, 5) is 23.2. The van der Waals surface area contributed by atoms with E-state index in [1.807, 2.05) is 19.9 Å². The zero-order valence-corrected chi connectivity index (χ0v) is 12.8. The highest BCUT2D eigenvalue weighted by molar-refractivity contribution is 5.93. The molecule has 0 radical (unpaired) electrons. The van der Waals surface area contributed by atoms with Crippen LogP contribution in [0, 0.1) is 13.8 Å². The second-order valence-electron chi connectivity index (χ2n) is 4.86. The lowest BCUT2D eigenvalue weighted by Gasteiger charge is -2.07. The fourth-order valence-corrected chi connectivity index (χ4v) is 2.07. The minimum Gasteiger partial charge on any atom is -0.465 e. The third kappa shape index (κ3) is 3.72. The molecule has 0 saturated heterocycles. The Kier molecular flexibility index (Phi) is 4.93.